The Hall–Kier alpha value is -2.34. The van der Waals surface area contributed by atoms with Crippen molar-refractivity contribution in [3.05, 3.63) is 59.9 Å². The van der Waals surface area contributed by atoms with Crippen molar-refractivity contribution < 1.29 is 13.9 Å². The molecule has 2 heterocycles. The third kappa shape index (κ3) is 3.05. The van der Waals surface area contributed by atoms with Gasteiger partial charge < -0.3 is 9.64 Å². The Labute approximate surface area is 121 Å². The van der Waals surface area contributed by atoms with Crippen LogP contribution < -0.4 is 0 Å². The van der Waals surface area contributed by atoms with Gasteiger partial charge in [0, 0.05) is 18.9 Å². The van der Waals surface area contributed by atoms with Gasteiger partial charge in [0.15, 0.2) is 0 Å². The lowest BCUT2D eigenvalue weighted by Gasteiger charge is -2.33. The van der Waals surface area contributed by atoms with Gasteiger partial charge in [0.2, 0.25) is 0 Å². The Morgan fingerprint density at radius 1 is 1.29 bits per heavy atom. The first kappa shape index (κ1) is 13.6. The molecule has 0 radical (unpaired) electrons. The number of amides is 1. The fourth-order valence-electron chi connectivity index (χ4n) is 2.28. The average molecular weight is 287 g/mol. The molecule has 0 N–H and O–H groups in total. The summed E-state index contributed by atoms with van der Waals surface area (Å²) in [6.45, 7) is 1.36. The van der Waals surface area contributed by atoms with E-state index in [1.165, 1.54) is 30.7 Å². The first-order valence-electron chi connectivity index (χ1n) is 6.66. The van der Waals surface area contributed by atoms with E-state index < -0.39 is 0 Å². The fraction of sp³-hybridized carbons (Fsp3) is 0.267. The van der Waals surface area contributed by atoms with Crippen LogP contribution in [0.2, 0.25) is 0 Å². The van der Waals surface area contributed by atoms with Crippen molar-refractivity contribution in [1.82, 2.24) is 14.9 Å². The van der Waals surface area contributed by atoms with Crippen LogP contribution in [0.25, 0.3) is 0 Å². The molecule has 0 unspecified atom stereocenters. The molecule has 2 aromatic rings. The van der Waals surface area contributed by atoms with Crippen LogP contribution in [-0.2, 0) is 4.74 Å². The maximum atomic E-state index is 13.0. The highest BCUT2D eigenvalue weighted by Crippen LogP contribution is 2.23. The van der Waals surface area contributed by atoms with Crippen molar-refractivity contribution >= 4 is 5.91 Å². The van der Waals surface area contributed by atoms with Gasteiger partial charge in [-0.3, -0.25) is 9.78 Å². The molecule has 108 valence electrons. The monoisotopic (exact) mass is 287 g/mol. The molecular formula is C15H14FN3O2. The van der Waals surface area contributed by atoms with Crippen LogP contribution in [0.3, 0.4) is 0 Å². The molecule has 6 heteroatoms. The van der Waals surface area contributed by atoms with Gasteiger partial charge in [0.25, 0.3) is 5.91 Å². The Balaban J connectivity index is 1.74. The minimum absolute atomic E-state index is 0.168. The summed E-state index contributed by atoms with van der Waals surface area (Å²) < 4.78 is 18.6. The molecule has 5 nitrogen and oxygen atoms in total. The SMILES string of the molecule is O=C(c1cnccn1)N1CCO[C@@H](c2ccc(F)cc2)C1. The van der Waals surface area contributed by atoms with E-state index in [1.807, 2.05) is 0 Å². The zero-order valence-corrected chi connectivity index (χ0v) is 11.3. The van der Waals surface area contributed by atoms with Crippen molar-refractivity contribution in [3.8, 4) is 0 Å². The van der Waals surface area contributed by atoms with Crippen molar-refractivity contribution in [3.63, 3.8) is 0 Å². The van der Waals surface area contributed by atoms with Gasteiger partial charge in [-0.1, -0.05) is 12.1 Å². The molecule has 1 saturated heterocycles. The van der Waals surface area contributed by atoms with Crippen LogP contribution >= 0.6 is 0 Å². The molecule has 1 aromatic heterocycles. The molecule has 1 aliphatic heterocycles. The summed E-state index contributed by atoms with van der Waals surface area (Å²) in [7, 11) is 0. The van der Waals surface area contributed by atoms with Crippen molar-refractivity contribution in [2.24, 2.45) is 0 Å². The highest BCUT2D eigenvalue weighted by atomic mass is 19.1. The highest BCUT2D eigenvalue weighted by molar-refractivity contribution is 5.92. The molecule has 1 amide bonds. The smallest absolute Gasteiger partial charge is 0.274 e. The van der Waals surface area contributed by atoms with Crippen molar-refractivity contribution in [1.29, 1.82) is 0 Å². The number of hydrogen-bond donors (Lipinski definition) is 0. The van der Waals surface area contributed by atoms with E-state index >= 15 is 0 Å². The van der Waals surface area contributed by atoms with E-state index in [0.29, 0.717) is 25.4 Å². The second-order valence-corrected chi connectivity index (χ2v) is 4.75. The molecule has 1 atom stereocenters. The van der Waals surface area contributed by atoms with E-state index in [2.05, 4.69) is 9.97 Å². The van der Waals surface area contributed by atoms with E-state index in [9.17, 15) is 9.18 Å². The van der Waals surface area contributed by atoms with Crippen LogP contribution in [-0.4, -0.2) is 40.5 Å². The highest BCUT2D eigenvalue weighted by Gasteiger charge is 2.26. The van der Waals surface area contributed by atoms with Gasteiger partial charge in [-0.05, 0) is 17.7 Å². The second kappa shape index (κ2) is 5.97. The topological polar surface area (TPSA) is 55.3 Å². The number of ether oxygens (including phenoxy) is 1. The predicted molar refractivity (Wildman–Crippen MR) is 73.0 cm³/mol. The number of benzene rings is 1. The largest absolute Gasteiger partial charge is 0.370 e. The zero-order valence-electron chi connectivity index (χ0n) is 11.3. The average Bonchev–Trinajstić information content (AvgIpc) is 2.56. The Morgan fingerprint density at radius 3 is 2.81 bits per heavy atom. The maximum Gasteiger partial charge on any atom is 0.274 e. The van der Waals surface area contributed by atoms with Gasteiger partial charge in [0.1, 0.15) is 17.6 Å². The Morgan fingerprint density at radius 2 is 2.10 bits per heavy atom. The van der Waals surface area contributed by atoms with E-state index in [-0.39, 0.29) is 17.8 Å². The number of halogens is 1. The van der Waals surface area contributed by atoms with Gasteiger partial charge in [-0.2, -0.15) is 0 Å². The molecule has 0 aliphatic carbocycles. The summed E-state index contributed by atoms with van der Waals surface area (Å²) in [4.78, 5) is 21.9. The fourth-order valence-corrected chi connectivity index (χ4v) is 2.28. The molecule has 1 fully saturated rings. The van der Waals surface area contributed by atoms with Gasteiger partial charge in [-0.25, -0.2) is 9.37 Å². The molecule has 0 bridgehead atoms. The van der Waals surface area contributed by atoms with Gasteiger partial charge in [-0.15, -0.1) is 0 Å². The number of carbonyl (C=O) groups excluding carboxylic acids is 1. The van der Waals surface area contributed by atoms with Crippen LogP contribution in [0.4, 0.5) is 4.39 Å². The van der Waals surface area contributed by atoms with E-state index in [4.69, 9.17) is 4.74 Å². The minimum Gasteiger partial charge on any atom is -0.370 e. The molecule has 0 spiro atoms. The standard InChI is InChI=1S/C15H14FN3O2/c16-12-3-1-11(2-4-12)14-10-19(7-8-21-14)15(20)13-9-17-5-6-18-13/h1-6,9,14H,7-8,10H2/t14-/m1/s1. The summed E-state index contributed by atoms with van der Waals surface area (Å²) >= 11 is 0. The zero-order chi connectivity index (χ0) is 14.7. The summed E-state index contributed by atoms with van der Waals surface area (Å²) in [6, 6.07) is 6.14. The Bertz CT molecular complexity index is 619. The number of aromatic nitrogens is 2. The molecule has 3 rings (SSSR count). The summed E-state index contributed by atoms with van der Waals surface area (Å²) in [5, 5.41) is 0. The van der Waals surface area contributed by atoms with Crippen molar-refractivity contribution in [2.45, 2.75) is 6.10 Å². The third-order valence-corrected chi connectivity index (χ3v) is 3.38. The normalized spacial score (nSPS) is 18.5. The molecule has 0 saturated carbocycles. The van der Waals surface area contributed by atoms with Gasteiger partial charge in [0.05, 0.1) is 19.3 Å². The van der Waals surface area contributed by atoms with Gasteiger partial charge >= 0.3 is 0 Å². The number of rotatable bonds is 2. The first-order valence-corrected chi connectivity index (χ1v) is 6.66. The van der Waals surface area contributed by atoms with Crippen molar-refractivity contribution in [2.75, 3.05) is 19.7 Å². The number of morpholine rings is 1. The molecule has 21 heavy (non-hydrogen) atoms. The number of hydrogen-bond acceptors (Lipinski definition) is 4. The third-order valence-electron chi connectivity index (χ3n) is 3.38. The minimum atomic E-state index is -0.290. The number of nitrogens with zero attached hydrogens (tertiary/aromatic N) is 3. The van der Waals surface area contributed by atoms with Crippen LogP contribution in [0.15, 0.2) is 42.9 Å². The summed E-state index contributed by atoms with van der Waals surface area (Å²) in [5.74, 6) is -0.458. The summed E-state index contributed by atoms with van der Waals surface area (Å²) in [5.41, 5.74) is 1.17. The predicted octanol–water partition coefficient (Wildman–Crippen LogP) is 1.83. The lowest BCUT2D eigenvalue weighted by molar-refractivity contribution is -0.0230. The van der Waals surface area contributed by atoms with Crippen LogP contribution in [0, 0.1) is 5.82 Å². The van der Waals surface area contributed by atoms with E-state index in [0.717, 1.165) is 5.56 Å². The first-order chi connectivity index (χ1) is 10.2. The number of carbonyl (C=O) groups is 1. The lowest BCUT2D eigenvalue weighted by atomic mass is 10.1. The Kier molecular flexibility index (Phi) is 3.87. The van der Waals surface area contributed by atoms with Crippen LogP contribution in [0.1, 0.15) is 22.2 Å². The van der Waals surface area contributed by atoms with E-state index in [1.54, 1.807) is 17.0 Å². The summed E-state index contributed by atoms with van der Waals surface area (Å²) in [6.07, 6.45) is 4.22. The second-order valence-electron chi connectivity index (χ2n) is 4.75. The molecule has 1 aliphatic rings. The molecule has 1 aromatic carbocycles. The quantitative estimate of drug-likeness (QED) is 0.845. The maximum absolute atomic E-state index is 13.0. The lowest BCUT2D eigenvalue weighted by Crippen LogP contribution is -2.42. The van der Waals surface area contributed by atoms with Crippen LogP contribution in [0.5, 0.6) is 0 Å². The molecular weight excluding hydrogens is 273 g/mol.